The molecular weight excluding hydrogens is 261 g/mol. The largest absolute Gasteiger partial charge is 0.320 e. The zero-order chi connectivity index (χ0) is 12.3. The molecule has 0 saturated heterocycles. The molecule has 0 N–H and O–H groups in total. The molecule has 6 heteroatoms. The van der Waals surface area contributed by atoms with Crippen LogP contribution in [0.1, 0.15) is 11.4 Å². The molecule has 0 fully saturated rings. The van der Waals surface area contributed by atoms with E-state index in [2.05, 4.69) is 10.2 Å². The van der Waals surface area contributed by atoms with Crippen LogP contribution in [0, 0.1) is 5.82 Å². The Kier molecular flexibility index (Phi) is 4.02. The molecule has 0 atom stereocenters. The molecule has 2 aromatic rings. The number of halogens is 2. The molecule has 17 heavy (non-hydrogen) atoms. The molecule has 0 saturated carbocycles. The number of hydrogen-bond acceptors (Lipinski definition) is 3. The summed E-state index contributed by atoms with van der Waals surface area (Å²) in [5.74, 6) is 2.08. The van der Waals surface area contributed by atoms with Crippen LogP contribution in [0.15, 0.2) is 24.5 Å². The average molecular weight is 272 g/mol. The van der Waals surface area contributed by atoms with Crippen molar-refractivity contribution in [1.82, 2.24) is 14.8 Å². The molecule has 1 heterocycles. The van der Waals surface area contributed by atoms with Gasteiger partial charge < -0.3 is 4.57 Å². The lowest BCUT2D eigenvalue weighted by molar-refractivity contribution is 0.628. The van der Waals surface area contributed by atoms with Gasteiger partial charge in [-0.05, 0) is 17.7 Å². The molecule has 0 unspecified atom stereocenters. The molecule has 0 amide bonds. The van der Waals surface area contributed by atoms with E-state index in [0.29, 0.717) is 0 Å². The van der Waals surface area contributed by atoms with Crippen LogP contribution in [-0.2, 0) is 18.6 Å². The van der Waals surface area contributed by atoms with Gasteiger partial charge in [0.2, 0.25) is 0 Å². The Balaban J connectivity index is 1.90. The highest BCUT2D eigenvalue weighted by atomic mass is 35.5. The van der Waals surface area contributed by atoms with Crippen LogP contribution in [0.4, 0.5) is 4.39 Å². The topological polar surface area (TPSA) is 30.7 Å². The van der Waals surface area contributed by atoms with Crippen LogP contribution in [0.25, 0.3) is 0 Å². The van der Waals surface area contributed by atoms with Gasteiger partial charge in [0.05, 0.1) is 10.8 Å². The van der Waals surface area contributed by atoms with E-state index in [4.69, 9.17) is 11.6 Å². The Morgan fingerprint density at radius 1 is 1.41 bits per heavy atom. The monoisotopic (exact) mass is 271 g/mol. The van der Waals surface area contributed by atoms with Gasteiger partial charge in [-0.25, -0.2) is 4.39 Å². The molecular formula is C11H11ClFN3S. The second-order valence-corrected chi connectivity index (χ2v) is 4.99. The fraction of sp³-hybridized carbons (Fsp3) is 0.273. The molecule has 1 aromatic carbocycles. The molecule has 0 aliphatic heterocycles. The van der Waals surface area contributed by atoms with Crippen LogP contribution in [0.5, 0.6) is 0 Å². The fourth-order valence-corrected chi connectivity index (χ4v) is 2.49. The summed E-state index contributed by atoms with van der Waals surface area (Å²) in [4.78, 5) is 0. The second kappa shape index (κ2) is 5.51. The number of benzene rings is 1. The van der Waals surface area contributed by atoms with Crippen molar-refractivity contribution in [3.05, 3.63) is 46.8 Å². The van der Waals surface area contributed by atoms with E-state index in [-0.39, 0.29) is 10.8 Å². The minimum absolute atomic E-state index is 0.168. The van der Waals surface area contributed by atoms with E-state index in [9.17, 15) is 4.39 Å². The SMILES string of the molecule is Cn1cnnc1CSCc1ccc(F)c(Cl)c1. The number of aromatic nitrogens is 3. The van der Waals surface area contributed by atoms with Crippen LogP contribution in [0.3, 0.4) is 0 Å². The van der Waals surface area contributed by atoms with E-state index < -0.39 is 0 Å². The summed E-state index contributed by atoms with van der Waals surface area (Å²) >= 11 is 7.40. The molecule has 1 aromatic heterocycles. The summed E-state index contributed by atoms with van der Waals surface area (Å²) in [6.07, 6.45) is 1.67. The molecule has 90 valence electrons. The van der Waals surface area contributed by atoms with Crippen molar-refractivity contribution in [3.8, 4) is 0 Å². The minimum atomic E-state index is -0.381. The summed E-state index contributed by atoms with van der Waals surface area (Å²) in [5.41, 5.74) is 1.00. The fourth-order valence-electron chi connectivity index (χ4n) is 1.33. The van der Waals surface area contributed by atoms with Gasteiger partial charge in [0.15, 0.2) is 0 Å². The van der Waals surface area contributed by atoms with E-state index in [0.717, 1.165) is 22.9 Å². The van der Waals surface area contributed by atoms with E-state index in [1.807, 2.05) is 11.6 Å². The first kappa shape index (κ1) is 12.4. The van der Waals surface area contributed by atoms with Gasteiger partial charge >= 0.3 is 0 Å². The standard InChI is InChI=1S/C11H11ClFN3S/c1-16-7-14-15-11(16)6-17-5-8-2-3-10(13)9(12)4-8/h2-4,7H,5-6H2,1H3. The van der Waals surface area contributed by atoms with Crippen molar-refractivity contribution >= 4 is 23.4 Å². The molecule has 0 spiro atoms. The first-order valence-electron chi connectivity index (χ1n) is 5.01. The van der Waals surface area contributed by atoms with Crippen LogP contribution >= 0.6 is 23.4 Å². The Hall–Kier alpha value is -1.07. The van der Waals surface area contributed by atoms with Crippen molar-refractivity contribution in [2.75, 3.05) is 0 Å². The highest BCUT2D eigenvalue weighted by molar-refractivity contribution is 7.97. The zero-order valence-corrected chi connectivity index (χ0v) is 10.8. The molecule has 2 rings (SSSR count). The summed E-state index contributed by atoms with van der Waals surface area (Å²) in [7, 11) is 1.91. The van der Waals surface area contributed by atoms with Gasteiger partial charge in [-0.3, -0.25) is 0 Å². The maximum Gasteiger partial charge on any atom is 0.142 e. The van der Waals surface area contributed by atoms with Crippen LogP contribution < -0.4 is 0 Å². The first-order valence-corrected chi connectivity index (χ1v) is 6.54. The zero-order valence-electron chi connectivity index (χ0n) is 9.23. The lowest BCUT2D eigenvalue weighted by atomic mass is 10.2. The van der Waals surface area contributed by atoms with Gasteiger partial charge in [0.25, 0.3) is 0 Å². The van der Waals surface area contributed by atoms with E-state index in [1.165, 1.54) is 6.07 Å². The molecule has 0 bridgehead atoms. The van der Waals surface area contributed by atoms with Gasteiger partial charge in [-0.15, -0.1) is 22.0 Å². The highest BCUT2D eigenvalue weighted by Crippen LogP contribution is 2.21. The first-order chi connectivity index (χ1) is 8.16. The minimum Gasteiger partial charge on any atom is -0.320 e. The number of rotatable bonds is 4. The predicted molar refractivity (Wildman–Crippen MR) is 67.4 cm³/mol. The third kappa shape index (κ3) is 3.20. The van der Waals surface area contributed by atoms with Crippen molar-refractivity contribution < 1.29 is 4.39 Å². The lowest BCUT2D eigenvalue weighted by Crippen LogP contribution is -1.95. The van der Waals surface area contributed by atoms with Gasteiger partial charge in [0, 0.05) is 12.8 Å². The number of aryl methyl sites for hydroxylation is 1. The van der Waals surface area contributed by atoms with Crippen molar-refractivity contribution in [3.63, 3.8) is 0 Å². The predicted octanol–water partition coefficient (Wildman–Crippen LogP) is 3.04. The highest BCUT2D eigenvalue weighted by Gasteiger charge is 2.03. The maximum atomic E-state index is 12.9. The average Bonchev–Trinajstić information content (AvgIpc) is 2.70. The number of thioether (sulfide) groups is 1. The Morgan fingerprint density at radius 3 is 2.88 bits per heavy atom. The summed E-state index contributed by atoms with van der Waals surface area (Å²) in [5, 5.41) is 7.95. The van der Waals surface area contributed by atoms with Crippen molar-refractivity contribution in [2.45, 2.75) is 11.5 Å². The van der Waals surface area contributed by atoms with Gasteiger partial charge in [0.1, 0.15) is 18.0 Å². The Labute approximate surface area is 108 Å². The van der Waals surface area contributed by atoms with Crippen molar-refractivity contribution in [2.24, 2.45) is 7.05 Å². The number of hydrogen-bond donors (Lipinski definition) is 0. The van der Waals surface area contributed by atoms with E-state index >= 15 is 0 Å². The van der Waals surface area contributed by atoms with Gasteiger partial charge in [-0.2, -0.15) is 0 Å². The lowest BCUT2D eigenvalue weighted by Gasteiger charge is -2.03. The molecule has 0 aliphatic rings. The molecule has 3 nitrogen and oxygen atoms in total. The molecule has 0 aliphatic carbocycles. The van der Waals surface area contributed by atoms with Gasteiger partial charge in [-0.1, -0.05) is 17.7 Å². The van der Waals surface area contributed by atoms with Crippen molar-refractivity contribution in [1.29, 1.82) is 0 Å². The third-order valence-corrected chi connectivity index (χ3v) is 3.58. The smallest absolute Gasteiger partial charge is 0.142 e. The third-order valence-electron chi connectivity index (χ3n) is 2.29. The summed E-state index contributed by atoms with van der Waals surface area (Å²) in [6, 6.07) is 4.78. The summed E-state index contributed by atoms with van der Waals surface area (Å²) in [6.45, 7) is 0. The second-order valence-electron chi connectivity index (χ2n) is 3.60. The van der Waals surface area contributed by atoms with E-state index in [1.54, 1.807) is 30.2 Å². The Morgan fingerprint density at radius 2 is 2.24 bits per heavy atom. The van der Waals surface area contributed by atoms with Crippen LogP contribution in [-0.4, -0.2) is 14.8 Å². The number of nitrogens with zero attached hydrogens (tertiary/aromatic N) is 3. The van der Waals surface area contributed by atoms with Crippen LogP contribution in [0.2, 0.25) is 5.02 Å². The normalized spacial score (nSPS) is 10.8. The summed E-state index contributed by atoms with van der Waals surface area (Å²) < 4.78 is 14.8. The quantitative estimate of drug-likeness (QED) is 0.856. The Bertz CT molecular complexity index is 515. The molecule has 0 radical (unpaired) electrons. The maximum absolute atomic E-state index is 12.9.